The maximum Gasteiger partial charge on any atom is 0.392 e. The number of nitrogens with zero attached hydrogens (tertiary/aromatic N) is 5. The predicted octanol–water partition coefficient (Wildman–Crippen LogP) is 5.40. The molecular formula is C31H39ClF3N7O4S. The molecule has 2 aliphatic rings. The van der Waals surface area contributed by atoms with Gasteiger partial charge in [-0.2, -0.15) is 13.2 Å². The third-order valence-corrected chi connectivity index (χ3v) is 10.2. The summed E-state index contributed by atoms with van der Waals surface area (Å²) >= 11 is 6.24. The Labute approximate surface area is 277 Å². The fraction of sp³-hybridized carbons (Fsp3) is 0.548. The van der Waals surface area contributed by atoms with Crippen molar-refractivity contribution < 1.29 is 31.1 Å². The van der Waals surface area contributed by atoms with Crippen LogP contribution in [-0.2, 0) is 10.0 Å². The van der Waals surface area contributed by atoms with Crippen LogP contribution in [-0.4, -0.2) is 72.5 Å². The zero-order valence-corrected chi connectivity index (χ0v) is 28.0. The van der Waals surface area contributed by atoms with E-state index in [1.165, 1.54) is 47.8 Å². The average molecular weight is 698 g/mol. The van der Waals surface area contributed by atoms with Crippen molar-refractivity contribution in [3.05, 3.63) is 53.4 Å². The van der Waals surface area contributed by atoms with Gasteiger partial charge in [0.2, 0.25) is 5.88 Å². The monoisotopic (exact) mass is 697 g/mol. The molecule has 0 aromatic carbocycles. The molecule has 256 valence electrons. The van der Waals surface area contributed by atoms with Gasteiger partial charge in [0.25, 0.3) is 15.9 Å². The highest BCUT2D eigenvalue weighted by Crippen LogP contribution is 2.51. The van der Waals surface area contributed by atoms with Crippen LogP contribution in [0.25, 0.3) is 5.82 Å². The number of nitrogens with one attached hydrogen (secondary N) is 2. The van der Waals surface area contributed by atoms with E-state index in [-0.39, 0.29) is 52.3 Å². The second-order valence-electron chi connectivity index (χ2n) is 12.9. The molecule has 3 atom stereocenters. The number of carbonyl (C=O) groups excluding carboxylic acids is 1. The molecule has 3 aromatic heterocycles. The summed E-state index contributed by atoms with van der Waals surface area (Å²) in [4.78, 5) is 23.1. The summed E-state index contributed by atoms with van der Waals surface area (Å²) in [5.41, 5.74) is 0.0348. The first kappa shape index (κ1) is 34.9. The quantitative estimate of drug-likeness (QED) is 0.168. The molecule has 2 fully saturated rings. The molecule has 16 heteroatoms. The normalized spacial score (nSPS) is 20.6. The van der Waals surface area contributed by atoms with Crippen LogP contribution in [0.4, 0.5) is 19.0 Å². The zero-order chi connectivity index (χ0) is 34.0. The van der Waals surface area contributed by atoms with Gasteiger partial charge in [-0.05, 0) is 88.6 Å². The number of unbranched alkanes of at least 4 members (excludes halogenated alkanes) is 1. The van der Waals surface area contributed by atoms with Gasteiger partial charge in [0.05, 0.1) is 18.1 Å². The van der Waals surface area contributed by atoms with Crippen molar-refractivity contribution in [2.75, 3.05) is 31.6 Å². The summed E-state index contributed by atoms with van der Waals surface area (Å²) in [6.45, 7) is 6.37. The fourth-order valence-electron chi connectivity index (χ4n) is 5.90. The molecule has 11 nitrogen and oxygen atoms in total. The van der Waals surface area contributed by atoms with E-state index in [1.807, 2.05) is 16.7 Å². The van der Waals surface area contributed by atoms with E-state index in [0.29, 0.717) is 11.7 Å². The van der Waals surface area contributed by atoms with E-state index in [1.54, 1.807) is 6.07 Å². The number of sulfonamides is 1. The van der Waals surface area contributed by atoms with Gasteiger partial charge < -0.3 is 15.0 Å². The summed E-state index contributed by atoms with van der Waals surface area (Å²) in [5, 5.41) is 7.47. The largest absolute Gasteiger partial charge is 0.477 e. The van der Waals surface area contributed by atoms with E-state index in [2.05, 4.69) is 34.2 Å². The number of hydrogen-bond acceptors (Lipinski definition) is 9. The van der Waals surface area contributed by atoms with Gasteiger partial charge in [0.1, 0.15) is 15.9 Å². The highest BCUT2D eigenvalue weighted by atomic mass is 35.5. The van der Waals surface area contributed by atoms with Crippen LogP contribution in [0.2, 0.25) is 5.15 Å². The van der Waals surface area contributed by atoms with E-state index in [9.17, 15) is 26.4 Å². The molecule has 1 aliphatic carbocycles. The number of amides is 1. The van der Waals surface area contributed by atoms with E-state index >= 15 is 0 Å². The highest BCUT2D eigenvalue weighted by Gasteiger charge is 2.55. The van der Waals surface area contributed by atoms with Crippen molar-refractivity contribution in [1.82, 2.24) is 29.8 Å². The standard InChI is InChI=1S/C31H39ClF3N7O4S/c1-30(2)17-20(18-37-30)6-4-5-13-41(3)25-9-7-22(19-36-25)47(44,45)40-29(43)23-8-10-26(38-28(23)32)42-14-11-27(39-42)46-15-12-21-16-24(21)31(33,34)35/h7-11,14,19-21,24,37H,4-6,12-13,15-18H2,1-3H3,(H,40,43). The molecule has 1 amide bonds. The maximum absolute atomic E-state index is 12.9. The van der Waals surface area contributed by atoms with Gasteiger partial charge in [-0.3, -0.25) is 4.79 Å². The minimum atomic E-state index is -4.26. The summed E-state index contributed by atoms with van der Waals surface area (Å²) in [6, 6.07) is 7.23. The Morgan fingerprint density at radius 1 is 1.19 bits per heavy atom. The van der Waals surface area contributed by atoms with Crippen LogP contribution in [0.15, 0.2) is 47.6 Å². The molecule has 1 saturated heterocycles. The number of halogens is 4. The smallest absolute Gasteiger partial charge is 0.392 e. The lowest BCUT2D eigenvalue weighted by molar-refractivity contribution is -0.151. The second kappa shape index (κ2) is 14.0. The summed E-state index contributed by atoms with van der Waals surface area (Å²) in [7, 11) is -2.36. The lowest BCUT2D eigenvalue weighted by atomic mass is 9.93. The number of pyridine rings is 2. The van der Waals surface area contributed by atoms with Gasteiger partial charge in [0.15, 0.2) is 5.82 Å². The SMILES string of the molecule is CN(CCCCC1CNC(C)(C)C1)c1ccc(S(=O)(=O)NC(=O)c2ccc(-n3ccc(OCCC4CC4C(F)(F)F)n3)nc2Cl)cn1. The third-order valence-electron chi connectivity index (χ3n) is 8.63. The van der Waals surface area contributed by atoms with Crippen LogP contribution in [0.1, 0.15) is 62.7 Å². The number of ether oxygens (including phenoxy) is 1. The van der Waals surface area contributed by atoms with Crippen LogP contribution < -0.4 is 19.7 Å². The Morgan fingerprint density at radius 2 is 1.98 bits per heavy atom. The van der Waals surface area contributed by atoms with E-state index < -0.39 is 33.9 Å². The summed E-state index contributed by atoms with van der Waals surface area (Å²) in [5.74, 6) is -0.964. The van der Waals surface area contributed by atoms with Gasteiger partial charge in [-0.1, -0.05) is 18.0 Å². The summed E-state index contributed by atoms with van der Waals surface area (Å²) < 4.78 is 72.8. The number of hydrogen-bond donors (Lipinski definition) is 2. The lowest BCUT2D eigenvalue weighted by Gasteiger charge is -2.19. The maximum atomic E-state index is 12.9. The molecule has 2 N–H and O–H groups in total. The molecule has 1 saturated carbocycles. The van der Waals surface area contributed by atoms with Crippen LogP contribution >= 0.6 is 11.6 Å². The molecule has 0 bridgehead atoms. The number of anilines is 1. The van der Waals surface area contributed by atoms with Crippen LogP contribution in [0.5, 0.6) is 5.88 Å². The van der Waals surface area contributed by atoms with E-state index in [4.69, 9.17) is 16.3 Å². The van der Waals surface area contributed by atoms with Gasteiger partial charge >= 0.3 is 6.18 Å². The molecule has 47 heavy (non-hydrogen) atoms. The van der Waals surface area contributed by atoms with Crippen LogP contribution in [0.3, 0.4) is 0 Å². The van der Waals surface area contributed by atoms with E-state index in [0.717, 1.165) is 32.4 Å². The Morgan fingerprint density at radius 3 is 2.62 bits per heavy atom. The van der Waals surface area contributed by atoms with Crippen molar-refractivity contribution in [3.63, 3.8) is 0 Å². The van der Waals surface area contributed by atoms with Crippen molar-refractivity contribution in [3.8, 4) is 11.7 Å². The lowest BCUT2D eigenvalue weighted by Crippen LogP contribution is -2.31. The molecule has 5 rings (SSSR count). The van der Waals surface area contributed by atoms with Gasteiger partial charge in [-0.15, -0.1) is 5.10 Å². The topological polar surface area (TPSA) is 131 Å². The molecule has 4 heterocycles. The first-order valence-corrected chi connectivity index (χ1v) is 17.4. The minimum absolute atomic E-state index is 0.0857. The van der Waals surface area contributed by atoms with Crippen molar-refractivity contribution in [1.29, 1.82) is 0 Å². The number of rotatable bonds is 14. The first-order chi connectivity index (χ1) is 22.1. The molecule has 0 spiro atoms. The van der Waals surface area contributed by atoms with Gasteiger partial charge in [-0.25, -0.2) is 27.8 Å². The minimum Gasteiger partial charge on any atom is -0.477 e. The third kappa shape index (κ3) is 9.14. The zero-order valence-electron chi connectivity index (χ0n) is 26.4. The average Bonchev–Trinajstić information content (AvgIpc) is 3.50. The Balaban J connectivity index is 1.10. The van der Waals surface area contributed by atoms with Crippen molar-refractivity contribution in [2.45, 2.75) is 69.0 Å². The van der Waals surface area contributed by atoms with Crippen LogP contribution in [0, 0.1) is 17.8 Å². The highest BCUT2D eigenvalue weighted by molar-refractivity contribution is 7.90. The molecule has 3 unspecified atom stereocenters. The van der Waals surface area contributed by atoms with Crippen molar-refractivity contribution in [2.24, 2.45) is 17.8 Å². The molecular weight excluding hydrogens is 659 g/mol. The predicted molar refractivity (Wildman–Crippen MR) is 170 cm³/mol. The summed E-state index contributed by atoms with van der Waals surface area (Å²) in [6.07, 6.45) is 3.35. The second-order valence-corrected chi connectivity index (χ2v) is 15.0. The molecule has 3 aromatic rings. The molecule has 1 aliphatic heterocycles. The fourth-order valence-corrected chi connectivity index (χ4v) is 7.04. The first-order valence-electron chi connectivity index (χ1n) is 15.5. The Bertz CT molecular complexity index is 1670. The number of alkyl halides is 3. The number of carbonyl (C=O) groups is 1. The van der Waals surface area contributed by atoms with Gasteiger partial charge in [0, 0.05) is 37.6 Å². The van der Waals surface area contributed by atoms with Crippen molar-refractivity contribution >= 4 is 33.3 Å². The number of aromatic nitrogens is 4. The molecule has 0 radical (unpaired) electrons. The Hall–Kier alpha value is -3.43. The Kier molecular flexibility index (Phi) is 10.4.